The number of Topliss-reactive ketones (excluding diaryl/α,β-unsaturated/α-hetero) is 1. The number of rotatable bonds is 18. The molecule has 0 unspecified atom stereocenters. The van der Waals surface area contributed by atoms with Crippen molar-refractivity contribution in [2.24, 2.45) is 0 Å². The number of ketones is 1. The van der Waals surface area contributed by atoms with E-state index in [-0.39, 0.29) is 35.0 Å². The number of hydrogen-bond donors (Lipinski definition) is 0. The van der Waals surface area contributed by atoms with Gasteiger partial charge in [0, 0.05) is 49.2 Å². The number of carbonyl (C=O) groups excluding carboxylic acids is 2. The van der Waals surface area contributed by atoms with E-state index in [9.17, 15) is 39.9 Å². The molecule has 3 aromatic carbocycles. The molecular weight excluding hydrogens is 590 g/mol. The summed E-state index contributed by atoms with van der Waals surface area (Å²) < 4.78 is 16.0. The molecule has 0 aliphatic heterocycles. The second-order valence-corrected chi connectivity index (χ2v) is 9.75. The molecule has 0 bridgehead atoms. The van der Waals surface area contributed by atoms with Crippen LogP contribution in [0.2, 0.25) is 0 Å². The van der Waals surface area contributed by atoms with Crippen molar-refractivity contribution >= 4 is 28.8 Å². The molecule has 0 heterocycles. The molecule has 0 aromatic heterocycles. The lowest BCUT2D eigenvalue weighted by Gasteiger charge is -2.06. The van der Waals surface area contributed by atoms with Gasteiger partial charge in [-0.1, -0.05) is 0 Å². The third-order valence-electron chi connectivity index (χ3n) is 6.11. The van der Waals surface area contributed by atoms with Crippen LogP contribution in [0.25, 0.3) is 0 Å². The Morgan fingerprint density at radius 3 is 1.24 bits per heavy atom. The molecule has 0 amide bonds. The van der Waals surface area contributed by atoms with E-state index in [2.05, 4.69) is 0 Å². The van der Waals surface area contributed by atoms with Crippen LogP contribution in [0.1, 0.15) is 58.3 Å². The van der Waals surface area contributed by atoms with Crippen LogP contribution < -0.4 is 14.2 Å². The number of benzene rings is 3. The Hall–Kier alpha value is -5.40. The number of nitro benzene ring substituents is 3. The van der Waals surface area contributed by atoms with Gasteiger partial charge in [-0.15, -0.1) is 0 Å². The van der Waals surface area contributed by atoms with Crippen LogP contribution >= 0.6 is 0 Å². The van der Waals surface area contributed by atoms with Gasteiger partial charge in [0.05, 0.1) is 28.0 Å². The highest BCUT2D eigenvalue weighted by Gasteiger charge is 2.09. The first-order chi connectivity index (χ1) is 21.5. The van der Waals surface area contributed by atoms with Gasteiger partial charge < -0.3 is 19.0 Å². The quantitative estimate of drug-likeness (QED) is 0.0457. The summed E-state index contributed by atoms with van der Waals surface area (Å²) >= 11 is 0. The van der Waals surface area contributed by atoms with Gasteiger partial charge in [0.15, 0.2) is 0 Å². The van der Waals surface area contributed by atoms with E-state index >= 15 is 0 Å². The molecule has 3 aromatic rings. The number of non-ortho nitro benzene ring substituents is 3. The molecule has 3 rings (SSSR count). The Balaban J connectivity index is 0.000000341. The average molecular weight is 626 g/mol. The lowest BCUT2D eigenvalue weighted by Crippen LogP contribution is -2.08. The first-order valence-electron chi connectivity index (χ1n) is 14.2. The molecule has 14 heteroatoms. The van der Waals surface area contributed by atoms with Gasteiger partial charge in [0.2, 0.25) is 0 Å². The lowest BCUT2D eigenvalue weighted by molar-refractivity contribution is -0.385. The average Bonchev–Trinajstić information content (AvgIpc) is 3.01. The number of nitrogens with zero attached hydrogens (tertiary/aromatic N) is 3. The third-order valence-corrected chi connectivity index (χ3v) is 6.11. The Morgan fingerprint density at radius 1 is 0.533 bits per heavy atom. The van der Waals surface area contributed by atoms with Crippen LogP contribution in [0.5, 0.6) is 17.2 Å². The fourth-order valence-electron chi connectivity index (χ4n) is 3.73. The van der Waals surface area contributed by atoms with Gasteiger partial charge in [-0.2, -0.15) is 0 Å². The molecule has 0 radical (unpaired) electrons. The lowest BCUT2D eigenvalue weighted by atomic mass is 10.1. The van der Waals surface area contributed by atoms with Crippen molar-refractivity contribution in [1.29, 1.82) is 0 Å². The van der Waals surface area contributed by atoms with Crippen LogP contribution in [0.3, 0.4) is 0 Å². The molecule has 0 aliphatic carbocycles. The molecule has 240 valence electrons. The zero-order valence-corrected chi connectivity index (χ0v) is 24.8. The van der Waals surface area contributed by atoms with Gasteiger partial charge in [-0.3, -0.25) is 35.1 Å². The second-order valence-electron chi connectivity index (χ2n) is 9.75. The van der Waals surface area contributed by atoms with Crippen molar-refractivity contribution in [3.63, 3.8) is 0 Å². The van der Waals surface area contributed by atoms with Crippen molar-refractivity contribution in [3.05, 3.63) is 103 Å². The predicted molar refractivity (Wildman–Crippen MR) is 164 cm³/mol. The SMILES string of the molecule is CC(=O)CCCCCOc1ccc([N+](=O)[O-])cc1.O=C(CCCCCOc1ccc([N+](=O)[O-])cc1)Oc1ccc([N+](=O)[O-])cc1. The van der Waals surface area contributed by atoms with Crippen LogP contribution in [-0.4, -0.2) is 39.7 Å². The first kappa shape index (κ1) is 35.8. The summed E-state index contributed by atoms with van der Waals surface area (Å²) in [4.78, 5) is 52.5. The summed E-state index contributed by atoms with van der Waals surface area (Å²) in [6, 6.07) is 17.2. The highest BCUT2D eigenvalue weighted by molar-refractivity contribution is 5.75. The van der Waals surface area contributed by atoms with Crippen molar-refractivity contribution in [2.45, 2.75) is 58.3 Å². The first-order valence-corrected chi connectivity index (χ1v) is 14.2. The fourth-order valence-corrected chi connectivity index (χ4v) is 3.73. The Kier molecular flexibility index (Phi) is 15.7. The highest BCUT2D eigenvalue weighted by Crippen LogP contribution is 2.20. The summed E-state index contributed by atoms with van der Waals surface area (Å²) in [6.07, 6.45) is 5.67. The van der Waals surface area contributed by atoms with Crippen LogP contribution in [0.15, 0.2) is 72.8 Å². The molecule has 0 saturated carbocycles. The van der Waals surface area contributed by atoms with Crippen molar-refractivity contribution in [1.82, 2.24) is 0 Å². The Labute approximate surface area is 259 Å². The standard InChI is InChI=1S/C18H18N2O7.C13H17NO4/c21-18(27-17-11-7-15(8-12-17)20(24)25)4-2-1-3-13-26-16-9-5-14(6-10-16)19(22)23;1-11(15)5-3-2-4-10-18-13-8-6-12(7-9-13)14(16)17/h5-12H,1-4,13H2;6-9H,2-5,10H2,1H3. The van der Waals surface area contributed by atoms with Crippen LogP contribution in [0, 0.1) is 30.3 Å². The smallest absolute Gasteiger partial charge is 0.311 e. The molecule has 0 spiro atoms. The molecule has 0 saturated heterocycles. The summed E-state index contributed by atoms with van der Waals surface area (Å²) in [5.74, 6) is 1.27. The molecule has 14 nitrogen and oxygen atoms in total. The summed E-state index contributed by atoms with van der Waals surface area (Å²) in [7, 11) is 0. The van der Waals surface area contributed by atoms with Gasteiger partial charge in [0.25, 0.3) is 17.1 Å². The van der Waals surface area contributed by atoms with Crippen LogP contribution in [-0.2, 0) is 9.59 Å². The number of ether oxygens (including phenoxy) is 3. The molecule has 0 fully saturated rings. The van der Waals surface area contributed by atoms with Crippen molar-refractivity contribution in [2.75, 3.05) is 13.2 Å². The third kappa shape index (κ3) is 15.1. The minimum atomic E-state index is -0.523. The number of hydrogen-bond acceptors (Lipinski definition) is 11. The predicted octanol–water partition coefficient (Wildman–Crippen LogP) is 7.17. The van der Waals surface area contributed by atoms with Gasteiger partial charge in [-0.25, -0.2) is 0 Å². The summed E-state index contributed by atoms with van der Waals surface area (Å²) in [5, 5.41) is 31.5. The maximum absolute atomic E-state index is 11.7. The fraction of sp³-hybridized carbons (Fsp3) is 0.355. The molecule has 0 N–H and O–H groups in total. The Bertz CT molecular complexity index is 1390. The minimum Gasteiger partial charge on any atom is -0.494 e. The van der Waals surface area contributed by atoms with E-state index < -0.39 is 20.7 Å². The van der Waals surface area contributed by atoms with Gasteiger partial charge >= 0.3 is 5.97 Å². The topological polar surface area (TPSA) is 191 Å². The van der Waals surface area contributed by atoms with Crippen molar-refractivity contribution < 1.29 is 38.6 Å². The number of unbranched alkanes of at least 4 members (excludes halogenated alkanes) is 4. The summed E-state index contributed by atoms with van der Waals surface area (Å²) in [5.41, 5.74) is 0.000474. The van der Waals surface area contributed by atoms with E-state index in [1.165, 1.54) is 48.5 Å². The minimum absolute atomic E-state index is 0.00823. The second kappa shape index (κ2) is 19.7. The monoisotopic (exact) mass is 625 g/mol. The normalized spacial score (nSPS) is 10.2. The maximum Gasteiger partial charge on any atom is 0.311 e. The number of carbonyl (C=O) groups is 2. The number of nitro groups is 3. The zero-order chi connectivity index (χ0) is 33.0. The largest absolute Gasteiger partial charge is 0.494 e. The molecule has 0 aliphatic rings. The molecular formula is C31H35N3O11. The summed E-state index contributed by atoms with van der Waals surface area (Å²) in [6.45, 7) is 2.60. The van der Waals surface area contributed by atoms with E-state index in [4.69, 9.17) is 14.2 Å². The maximum atomic E-state index is 11.7. The van der Waals surface area contributed by atoms with E-state index in [0.717, 1.165) is 32.1 Å². The molecule has 45 heavy (non-hydrogen) atoms. The Morgan fingerprint density at radius 2 is 0.889 bits per heavy atom. The molecule has 0 atom stereocenters. The zero-order valence-electron chi connectivity index (χ0n) is 24.8. The van der Waals surface area contributed by atoms with E-state index in [0.29, 0.717) is 37.6 Å². The van der Waals surface area contributed by atoms with Gasteiger partial charge in [-0.05, 0) is 81.8 Å². The van der Waals surface area contributed by atoms with E-state index in [1.807, 2.05) is 0 Å². The number of esters is 1. The van der Waals surface area contributed by atoms with Gasteiger partial charge in [0.1, 0.15) is 23.0 Å². The van der Waals surface area contributed by atoms with Crippen molar-refractivity contribution in [3.8, 4) is 17.2 Å². The van der Waals surface area contributed by atoms with E-state index in [1.54, 1.807) is 31.2 Å². The van der Waals surface area contributed by atoms with Crippen LogP contribution in [0.4, 0.5) is 17.1 Å². The highest BCUT2D eigenvalue weighted by atomic mass is 16.6.